The van der Waals surface area contributed by atoms with Gasteiger partial charge in [0.1, 0.15) is 0 Å². The summed E-state index contributed by atoms with van der Waals surface area (Å²) in [6.07, 6.45) is 18.3. The molecule has 12 heteroatoms. The standard InChI is InChI=1S/C100H104N6S6/c1-93(2,3)57-37-53(38-58(45-57)94(4,5)6)81-69-25-26-70(101-69)82(54-39-59(95(7,8)9)46-60(40-54)96(10,11)12)74-30-34-78(104-74)90-87-67(51-109-90)68-52-110-92(88(68)112-87)80-36-32-76(106-80)84(56-43-63(99(19,20)21)48-64(44-56)100(22,23)24)72-28-27-71(102-72)83(55-41-61(97(13,14)15)47-62(42-55)98(16,17)18)75-31-35-79(105-75)91-86-66(50-108-91)65-49-107-89(85(65)111-86)77-33-29-73(81)103-77/h25-52,73,81,101-102H,1-24H3/b82-74-,83-75-,84-76-. The number of H-pyrrole nitrogens is 2. The molecule has 12 aromatic rings. The fraction of sp³-hybridized carbons (Fsp3) is 0.340. The Morgan fingerprint density at radius 1 is 0.295 bits per heavy atom. The number of fused-ring (bicyclic) bond motifs is 14. The molecule has 5 aliphatic rings. The number of rotatable bonds is 4. The molecule has 570 valence electrons. The minimum atomic E-state index is -0.211. The summed E-state index contributed by atoms with van der Waals surface area (Å²) in [5.41, 5.74) is 28.2. The van der Waals surface area contributed by atoms with E-state index < -0.39 is 0 Å². The highest BCUT2D eigenvalue weighted by Gasteiger charge is 2.36. The van der Waals surface area contributed by atoms with Gasteiger partial charge in [0.25, 0.3) is 0 Å². The molecule has 112 heavy (non-hydrogen) atoms. The fourth-order valence-electron chi connectivity index (χ4n) is 16.0. The van der Waals surface area contributed by atoms with Crippen LogP contribution < -0.4 is 0 Å². The van der Waals surface area contributed by atoms with Gasteiger partial charge in [-0.3, -0.25) is 4.99 Å². The smallest absolute Gasteiger partial charge is 0.0824 e. The third kappa shape index (κ3) is 13.7. The van der Waals surface area contributed by atoms with Crippen molar-refractivity contribution in [1.82, 2.24) is 9.97 Å². The number of nitrogens with one attached hydrogen (secondary N) is 2. The summed E-state index contributed by atoms with van der Waals surface area (Å²) in [5, 5.41) is 14.6. The zero-order valence-corrected chi connectivity index (χ0v) is 74.5. The van der Waals surface area contributed by atoms with Gasteiger partial charge in [0.2, 0.25) is 0 Å². The molecule has 0 fully saturated rings. The Morgan fingerprint density at radius 2 is 0.571 bits per heavy atom. The summed E-state index contributed by atoms with van der Waals surface area (Å²) in [6.45, 7) is 56.1. The lowest BCUT2D eigenvalue weighted by Gasteiger charge is -2.29. The maximum absolute atomic E-state index is 5.93. The Kier molecular flexibility index (Phi) is 18.1. The average Bonchev–Trinajstić information content (AvgIpc) is 1.55. The van der Waals surface area contributed by atoms with Gasteiger partial charge in [-0.05, 0) is 177 Å². The lowest BCUT2D eigenvalue weighted by atomic mass is 9.76. The van der Waals surface area contributed by atoms with Crippen molar-refractivity contribution in [2.24, 2.45) is 20.0 Å². The third-order valence-electron chi connectivity index (χ3n) is 23.1. The number of thiophene rings is 6. The van der Waals surface area contributed by atoms with Crippen LogP contribution in [0, 0.1) is 0 Å². The molecule has 0 radical (unpaired) electrons. The minimum Gasteiger partial charge on any atom is -0.358 e. The normalized spacial score (nSPS) is 19.4. The van der Waals surface area contributed by atoms with Gasteiger partial charge in [0.05, 0.1) is 90.2 Å². The summed E-state index contributed by atoms with van der Waals surface area (Å²) in [5.74, 6) is -0.156. The molecule has 16 bridgehead atoms. The van der Waals surface area contributed by atoms with Crippen LogP contribution in [0.25, 0.3) is 57.1 Å². The SMILES string of the molecule is CC(C)(C)c1cc(/C2=C3\C=CC(=N3)c3scc4c3sc3c(scc34)C3=N/C(=C(/c4cc(C(C)(C)C)cc(C(C)(C)C)c4)c4ccc([nH]4)C(c4cc(C(C)(C)C)cc(C(C)(C)C)c4)C4C=CC(=N4)c4scc5c4sc4c(scc45)C4=N/C(=C(/c5cc(C(C)(C)C)cc(C(C)(C)C)c5)c5ccc2[nH]5)C=C4)C=C3)cc(C(C)(C)C)c1. The number of hydrogen-bond donors (Lipinski definition) is 2. The number of aromatic nitrogens is 2. The molecule has 2 N–H and O–H groups in total. The van der Waals surface area contributed by atoms with E-state index in [1.54, 1.807) is 34.0 Å². The van der Waals surface area contributed by atoms with E-state index in [1.165, 1.54) is 110 Å². The molecular formula is C100H104N6S6. The van der Waals surface area contributed by atoms with Crippen LogP contribution in [0.1, 0.15) is 281 Å². The van der Waals surface area contributed by atoms with Crippen molar-refractivity contribution < 1.29 is 0 Å². The second-order valence-electron chi connectivity index (χ2n) is 39.9. The molecule has 0 spiro atoms. The molecule has 6 nitrogen and oxygen atoms in total. The Hall–Kier alpha value is -8.46. The minimum absolute atomic E-state index is 0.104. The molecule has 17 rings (SSSR count). The first kappa shape index (κ1) is 76.2. The van der Waals surface area contributed by atoms with Gasteiger partial charge in [0.15, 0.2) is 0 Å². The fourth-order valence-corrected chi connectivity index (χ4v) is 23.4. The van der Waals surface area contributed by atoms with E-state index in [2.05, 4.69) is 343 Å². The molecule has 13 heterocycles. The molecule has 2 atom stereocenters. The van der Waals surface area contributed by atoms with E-state index in [0.29, 0.717) is 0 Å². The van der Waals surface area contributed by atoms with Crippen molar-refractivity contribution >= 4 is 148 Å². The molecule has 0 aliphatic carbocycles. The van der Waals surface area contributed by atoms with Gasteiger partial charge < -0.3 is 9.97 Å². The van der Waals surface area contributed by atoms with Crippen LogP contribution in [-0.2, 0) is 43.3 Å². The zero-order chi connectivity index (χ0) is 79.4. The van der Waals surface area contributed by atoms with E-state index in [4.69, 9.17) is 20.0 Å². The highest BCUT2D eigenvalue weighted by atomic mass is 32.1. The first-order valence-corrected chi connectivity index (χ1v) is 44.8. The van der Waals surface area contributed by atoms with Crippen molar-refractivity contribution in [3.8, 4) is 0 Å². The topological polar surface area (TPSA) is 81.0 Å². The van der Waals surface area contributed by atoms with E-state index in [1.807, 2.05) is 34.0 Å². The van der Waals surface area contributed by atoms with Gasteiger partial charge in [-0.15, -0.1) is 68.0 Å². The first-order valence-electron chi connectivity index (χ1n) is 39.7. The highest BCUT2D eigenvalue weighted by molar-refractivity contribution is 7.33. The molecule has 4 aromatic carbocycles. The van der Waals surface area contributed by atoms with Crippen LogP contribution in [0.15, 0.2) is 204 Å². The zero-order valence-electron chi connectivity index (χ0n) is 69.6. The maximum Gasteiger partial charge on any atom is 0.0824 e. The molecule has 0 saturated heterocycles. The van der Waals surface area contributed by atoms with Crippen LogP contribution in [0.3, 0.4) is 0 Å². The van der Waals surface area contributed by atoms with Crippen molar-refractivity contribution in [2.45, 2.75) is 221 Å². The summed E-state index contributed by atoms with van der Waals surface area (Å²) in [6, 6.07) is 38.4. The van der Waals surface area contributed by atoms with Crippen LogP contribution in [0.2, 0.25) is 0 Å². The van der Waals surface area contributed by atoms with Gasteiger partial charge >= 0.3 is 0 Å². The Labute approximate surface area is 687 Å². The van der Waals surface area contributed by atoms with Crippen LogP contribution in [-0.4, -0.2) is 38.9 Å². The van der Waals surface area contributed by atoms with Gasteiger partial charge in [-0.25, -0.2) is 15.0 Å². The van der Waals surface area contributed by atoms with E-state index >= 15 is 0 Å². The second kappa shape index (κ2) is 26.6. The molecular weight excluding hydrogens is 1480 g/mol. The van der Waals surface area contributed by atoms with Gasteiger partial charge in [0, 0.05) is 82.6 Å². The van der Waals surface area contributed by atoms with Crippen LogP contribution >= 0.6 is 68.0 Å². The predicted octanol–water partition coefficient (Wildman–Crippen LogP) is 29.0. The summed E-state index contributed by atoms with van der Waals surface area (Å²) >= 11 is 11.0. The highest BCUT2D eigenvalue weighted by Crippen LogP contribution is 2.51. The number of aromatic amines is 2. The number of allylic oxidation sites excluding steroid dienone is 7. The first-order chi connectivity index (χ1) is 52.5. The molecule has 5 aliphatic heterocycles. The number of benzene rings is 4. The monoisotopic (exact) mass is 1580 g/mol. The maximum atomic E-state index is 5.93. The molecule has 8 aromatic heterocycles. The largest absolute Gasteiger partial charge is 0.358 e. The van der Waals surface area contributed by atoms with E-state index in [-0.39, 0.29) is 55.3 Å². The molecule has 0 amide bonds. The van der Waals surface area contributed by atoms with E-state index in [9.17, 15) is 0 Å². The molecule has 2 unspecified atom stereocenters. The van der Waals surface area contributed by atoms with Crippen LogP contribution in [0.5, 0.6) is 0 Å². The van der Waals surface area contributed by atoms with Crippen molar-refractivity contribution in [3.05, 3.63) is 293 Å². The molecule has 0 saturated carbocycles. The van der Waals surface area contributed by atoms with Gasteiger partial charge in [-0.2, -0.15) is 0 Å². The Morgan fingerprint density at radius 3 is 0.875 bits per heavy atom. The summed E-state index contributed by atoms with van der Waals surface area (Å²) in [4.78, 5) is 36.6. The number of hydrogen-bond acceptors (Lipinski definition) is 10. The van der Waals surface area contributed by atoms with Crippen LogP contribution in [0.4, 0.5) is 0 Å². The van der Waals surface area contributed by atoms with Crippen molar-refractivity contribution in [1.29, 1.82) is 0 Å². The Balaban J connectivity index is 0.922. The van der Waals surface area contributed by atoms with Gasteiger partial charge in [-0.1, -0.05) is 245 Å². The quantitative estimate of drug-likeness (QED) is 0.176. The summed E-state index contributed by atoms with van der Waals surface area (Å²) in [7, 11) is 0. The lowest BCUT2D eigenvalue weighted by molar-refractivity contribution is 0.563. The third-order valence-corrected chi connectivity index (χ3v) is 30.2. The number of aliphatic imine (C=N–C) groups is 4. The average molecular weight is 1580 g/mol. The lowest BCUT2D eigenvalue weighted by Crippen LogP contribution is -2.21. The van der Waals surface area contributed by atoms with Crippen molar-refractivity contribution in [3.63, 3.8) is 0 Å². The van der Waals surface area contributed by atoms with Crippen molar-refractivity contribution in [2.75, 3.05) is 0 Å². The second-order valence-corrected chi connectivity index (χ2v) is 45.5. The Bertz CT molecular complexity index is 6190. The predicted molar refractivity (Wildman–Crippen MR) is 494 cm³/mol. The number of nitrogens with zero attached hydrogens (tertiary/aromatic N) is 4. The van der Waals surface area contributed by atoms with E-state index in [0.717, 1.165) is 96.1 Å². The summed E-state index contributed by atoms with van der Waals surface area (Å²) < 4.78 is 5.05.